The van der Waals surface area contributed by atoms with Crippen molar-refractivity contribution in [3.63, 3.8) is 0 Å². The highest BCUT2D eigenvalue weighted by atomic mass is 16.2. The highest BCUT2D eigenvalue weighted by molar-refractivity contribution is 5.81. The van der Waals surface area contributed by atoms with Crippen LogP contribution in [0.2, 0.25) is 0 Å². The number of nitriles is 1. The predicted octanol–water partition coefficient (Wildman–Crippen LogP) is 2.45. The standard InChI is InChI=1S/C15H27N3O/c1-12(2)18(11-7-10-16)13(3)15(19)17-14-8-5-4-6-9-14/h12-14H,4-9,11H2,1-3H3,(H,17,19). The van der Waals surface area contributed by atoms with Gasteiger partial charge in [-0.1, -0.05) is 19.3 Å². The third-order valence-corrected chi connectivity index (χ3v) is 3.97. The molecule has 0 heterocycles. The Balaban J connectivity index is 2.49. The second-order valence-electron chi connectivity index (χ2n) is 5.76. The zero-order valence-corrected chi connectivity index (χ0v) is 12.5. The van der Waals surface area contributed by atoms with E-state index in [4.69, 9.17) is 5.26 Å². The summed E-state index contributed by atoms with van der Waals surface area (Å²) >= 11 is 0. The van der Waals surface area contributed by atoms with Crippen molar-refractivity contribution in [1.29, 1.82) is 5.26 Å². The Bertz CT molecular complexity index is 316. The van der Waals surface area contributed by atoms with Crippen LogP contribution in [0.4, 0.5) is 0 Å². The molecule has 108 valence electrons. The van der Waals surface area contributed by atoms with Crippen molar-refractivity contribution in [1.82, 2.24) is 10.2 Å². The van der Waals surface area contributed by atoms with E-state index in [9.17, 15) is 4.79 Å². The van der Waals surface area contributed by atoms with E-state index in [1.54, 1.807) is 0 Å². The van der Waals surface area contributed by atoms with Gasteiger partial charge in [-0.2, -0.15) is 5.26 Å². The van der Waals surface area contributed by atoms with Crippen molar-refractivity contribution in [3.05, 3.63) is 0 Å². The monoisotopic (exact) mass is 265 g/mol. The summed E-state index contributed by atoms with van der Waals surface area (Å²) in [5, 5.41) is 11.9. The largest absolute Gasteiger partial charge is 0.352 e. The fourth-order valence-corrected chi connectivity index (χ4v) is 2.80. The van der Waals surface area contributed by atoms with Crippen LogP contribution in [-0.4, -0.2) is 35.5 Å². The number of carbonyl (C=O) groups excluding carboxylic acids is 1. The molecule has 1 amide bonds. The summed E-state index contributed by atoms with van der Waals surface area (Å²) in [6.07, 6.45) is 6.43. The minimum absolute atomic E-state index is 0.110. The number of hydrogen-bond acceptors (Lipinski definition) is 3. The van der Waals surface area contributed by atoms with Crippen LogP contribution in [-0.2, 0) is 4.79 Å². The van der Waals surface area contributed by atoms with E-state index in [0.717, 1.165) is 12.8 Å². The molecule has 0 bridgehead atoms. The van der Waals surface area contributed by atoms with Gasteiger partial charge in [0.15, 0.2) is 0 Å². The molecule has 19 heavy (non-hydrogen) atoms. The van der Waals surface area contributed by atoms with Crippen LogP contribution in [0.5, 0.6) is 0 Å². The van der Waals surface area contributed by atoms with E-state index < -0.39 is 0 Å². The quantitative estimate of drug-likeness (QED) is 0.802. The zero-order chi connectivity index (χ0) is 14.3. The Kier molecular flexibility index (Phi) is 6.86. The van der Waals surface area contributed by atoms with Crippen LogP contribution in [0.15, 0.2) is 0 Å². The molecule has 0 aromatic rings. The molecular weight excluding hydrogens is 238 g/mol. The normalized spacial score (nSPS) is 18.3. The SMILES string of the molecule is CC(C)N(CCC#N)C(C)C(=O)NC1CCCCC1. The average Bonchev–Trinajstić information content (AvgIpc) is 2.39. The number of nitrogens with one attached hydrogen (secondary N) is 1. The van der Waals surface area contributed by atoms with Crippen molar-refractivity contribution in [2.24, 2.45) is 0 Å². The molecule has 4 heteroatoms. The van der Waals surface area contributed by atoms with Crippen LogP contribution in [0, 0.1) is 11.3 Å². The van der Waals surface area contributed by atoms with Gasteiger partial charge in [0.2, 0.25) is 5.91 Å². The van der Waals surface area contributed by atoms with Gasteiger partial charge in [0.1, 0.15) is 0 Å². The molecule has 1 aliphatic carbocycles. The summed E-state index contributed by atoms with van der Waals surface area (Å²) in [6.45, 7) is 6.74. The van der Waals surface area contributed by atoms with Gasteiger partial charge in [0.25, 0.3) is 0 Å². The topological polar surface area (TPSA) is 56.1 Å². The molecule has 1 saturated carbocycles. The minimum atomic E-state index is -0.157. The van der Waals surface area contributed by atoms with Crippen molar-refractivity contribution < 1.29 is 4.79 Å². The third-order valence-electron chi connectivity index (χ3n) is 3.97. The maximum atomic E-state index is 12.3. The number of nitrogens with zero attached hydrogens (tertiary/aromatic N) is 2. The Labute approximate surface area is 117 Å². The molecule has 1 fully saturated rings. The summed E-state index contributed by atoms with van der Waals surface area (Å²) in [4.78, 5) is 14.4. The lowest BCUT2D eigenvalue weighted by Crippen LogP contribution is -2.51. The maximum absolute atomic E-state index is 12.3. The van der Waals surface area contributed by atoms with Gasteiger partial charge in [-0.25, -0.2) is 0 Å². The zero-order valence-electron chi connectivity index (χ0n) is 12.5. The smallest absolute Gasteiger partial charge is 0.237 e. The molecule has 1 unspecified atom stereocenters. The fraction of sp³-hybridized carbons (Fsp3) is 0.867. The Morgan fingerprint density at radius 1 is 1.32 bits per heavy atom. The van der Waals surface area contributed by atoms with E-state index in [2.05, 4.69) is 30.1 Å². The van der Waals surface area contributed by atoms with Crippen molar-refractivity contribution in [2.75, 3.05) is 6.54 Å². The van der Waals surface area contributed by atoms with Gasteiger partial charge in [0, 0.05) is 25.0 Å². The average molecular weight is 265 g/mol. The fourth-order valence-electron chi connectivity index (χ4n) is 2.80. The second-order valence-corrected chi connectivity index (χ2v) is 5.76. The van der Waals surface area contributed by atoms with E-state index in [1.807, 2.05) is 6.92 Å². The van der Waals surface area contributed by atoms with Gasteiger partial charge < -0.3 is 5.32 Å². The molecular formula is C15H27N3O. The molecule has 0 radical (unpaired) electrons. The number of amides is 1. The van der Waals surface area contributed by atoms with E-state index in [1.165, 1.54) is 19.3 Å². The van der Waals surface area contributed by atoms with Gasteiger partial charge >= 0.3 is 0 Å². The van der Waals surface area contributed by atoms with Crippen LogP contribution in [0.1, 0.15) is 59.3 Å². The van der Waals surface area contributed by atoms with Crippen LogP contribution in [0.3, 0.4) is 0 Å². The van der Waals surface area contributed by atoms with Gasteiger partial charge in [-0.05, 0) is 33.6 Å². The predicted molar refractivity (Wildman–Crippen MR) is 76.5 cm³/mol. The lowest BCUT2D eigenvalue weighted by atomic mass is 9.95. The van der Waals surface area contributed by atoms with E-state index in [-0.39, 0.29) is 18.0 Å². The molecule has 0 saturated heterocycles. The highest BCUT2D eigenvalue weighted by Gasteiger charge is 2.25. The Morgan fingerprint density at radius 2 is 1.95 bits per heavy atom. The first-order valence-electron chi connectivity index (χ1n) is 7.49. The summed E-state index contributed by atoms with van der Waals surface area (Å²) in [7, 11) is 0. The van der Waals surface area contributed by atoms with Gasteiger partial charge in [-0.3, -0.25) is 9.69 Å². The number of hydrogen-bond donors (Lipinski definition) is 1. The molecule has 1 atom stereocenters. The molecule has 0 aromatic carbocycles. The molecule has 1 N–H and O–H groups in total. The second kappa shape index (κ2) is 8.16. The van der Waals surface area contributed by atoms with E-state index in [0.29, 0.717) is 19.0 Å². The summed E-state index contributed by atoms with van der Waals surface area (Å²) in [6, 6.07) is 2.63. The molecule has 1 aliphatic rings. The van der Waals surface area contributed by atoms with Crippen molar-refractivity contribution in [2.45, 2.75) is 77.4 Å². The van der Waals surface area contributed by atoms with Gasteiger partial charge in [0.05, 0.1) is 12.1 Å². The summed E-state index contributed by atoms with van der Waals surface area (Å²) in [5.74, 6) is 0.110. The maximum Gasteiger partial charge on any atom is 0.237 e. The molecule has 0 aromatic heterocycles. The first kappa shape index (κ1) is 16.0. The molecule has 0 aliphatic heterocycles. The van der Waals surface area contributed by atoms with E-state index >= 15 is 0 Å². The lowest BCUT2D eigenvalue weighted by Gasteiger charge is -2.33. The first-order valence-corrected chi connectivity index (χ1v) is 7.49. The van der Waals surface area contributed by atoms with Crippen molar-refractivity contribution >= 4 is 5.91 Å². The first-order chi connectivity index (χ1) is 9.06. The summed E-state index contributed by atoms with van der Waals surface area (Å²) < 4.78 is 0. The van der Waals surface area contributed by atoms with Crippen LogP contribution in [0.25, 0.3) is 0 Å². The lowest BCUT2D eigenvalue weighted by molar-refractivity contribution is -0.127. The number of rotatable bonds is 6. The Morgan fingerprint density at radius 3 is 2.47 bits per heavy atom. The summed E-state index contributed by atoms with van der Waals surface area (Å²) in [5.41, 5.74) is 0. The number of carbonyl (C=O) groups is 1. The Hall–Kier alpha value is -1.08. The molecule has 4 nitrogen and oxygen atoms in total. The van der Waals surface area contributed by atoms with Crippen LogP contribution >= 0.6 is 0 Å². The van der Waals surface area contributed by atoms with Crippen LogP contribution < -0.4 is 5.32 Å². The highest BCUT2D eigenvalue weighted by Crippen LogP contribution is 2.18. The van der Waals surface area contributed by atoms with Crippen molar-refractivity contribution in [3.8, 4) is 6.07 Å². The third kappa shape index (κ3) is 5.20. The molecule has 1 rings (SSSR count). The van der Waals surface area contributed by atoms with Gasteiger partial charge in [-0.15, -0.1) is 0 Å². The minimum Gasteiger partial charge on any atom is -0.352 e. The molecule has 0 spiro atoms.